The molecule has 0 heterocycles. The van der Waals surface area contributed by atoms with Crippen LogP contribution in [0.4, 0.5) is 0 Å². The predicted molar refractivity (Wildman–Crippen MR) is 65.6 cm³/mol. The number of carbonyl (C=O) groups is 2. The van der Waals surface area contributed by atoms with Crippen molar-refractivity contribution >= 4 is 24.4 Å². The quantitative estimate of drug-likeness (QED) is 0.554. The summed E-state index contributed by atoms with van der Waals surface area (Å²) in [6, 6.07) is -0.625. The molecule has 2 unspecified atom stereocenters. The molecule has 0 aromatic rings. The van der Waals surface area contributed by atoms with Gasteiger partial charge in [-0.2, -0.15) is 12.6 Å². The Labute approximate surface area is 102 Å². The van der Waals surface area contributed by atoms with Crippen LogP contribution in [0.5, 0.6) is 0 Å². The van der Waals surface area contributed by atoms with E-state index in [0.29, 0.717) is 6.61 Å². The van der Waals surface area contributed by atoms with Gasteiger partial charge in [0.15, 0.2) is 0 Å². The summed E-state index contributed by atoms with van der Waals surface area (Å²) in [5.74, 6) is -0.197. The van der Waals surface area contributed by atoms with E-state index in [9.17, 15) is 9.59 Å². The first-order valence-electron chi connectivity index (χ1n) is 5.22. The molecule has 6 heteroatoms. The van der Waals surface area contributed by atoms with Gasteiger partial charge in [0, 0.05) is 19.8 Å². The van der Waals surface area contributed by atoms with Gasteiger partial charge >= 0.3 is 0 Å². The molecular weight excluding hydrogens is 228 g/mol. The van der Waals surface area contributed by atoms with Crippen molar-refractivity contribution in [2.75, 3.05) is 19.5 Å². The van der Waals surface area contributed by atoms with E-state index in [0.717, 1.165) is 6.42 Å². The zero-order chi connectivity index (χ0) is 12.6. The predicted octanol–water partition coefficient (Wildman–Crippen LogP) is -0.0379. The van der Waals surface area contributed by atoms with E-state index in [-0.39, 0.29) is 23.6 Å². The SMILES string of the molecule is CCC(COC)NC(=O)C(CS)NC(C)=O. The molecular formula is C10H20N2O3S. The molecule has 0 rings (SSSR count). The molecule has 0 saturated carbocycles. The third-order valence-corrected chi connectivity index (χ3v) is 2.45. The van der Waals surface area contributed by atoms with Crippen LogP contribution in [0.15, 0.2) is 0 Å². The molecule has 0 aliphatic heterocycles. The van der Waals surface area contributed by atoms with Crippen LogP contribution in [0.25, 0.3) is 0 Å². The van der Waals surface area contributed by atoms with Crippen LogP contribution in [0, 0.1) is 0 Å². The summed E-state index contributed by atoms with van der Waals surface area (Å²) in [6.45, 7) is 3.79. The van der Waals surface area contributed by atoms with E-state index in [4.69, 9.17) is 4.74 Å². The Hall–Kier alpha value is -0.750. The van der Waals surface area contributed by atoms with E-state index in [2.05, 4.69) is 23.3 Å². The number of ether oxygens (including phenoxy) is 1. The van der Waals surface area contributed by atoms with Gasteiger partial charge in [0.1, 0.15) is 6.04 Å². The molecule has 0 aromatic carbocycles. The number of methoxy groups -OCH3 is 1. The molecule has 2 amide bonds. The Bertz CT molecular complexity index is 236. The fourth-order valence-electron chi connectivity index (χ4n) is 1.20. The zero-order valence-electron chi connectivity index (χ0n) is 9.95. The van der Waals surface area contributed by atoms with E-state index in [1.54, 1.807) is 7.11 Å². The van der Waals surface area contributed by atoms with Crippen LogP contribution in [0.2, 0.25) is 0 Å². The summed E-state index contributed by atoms with van der Waals surface area (Å²) in [4.78, 5) is 22.6. The van der Waals surface area contributed by atoms with Gasteiger partial charge in [0.05, 0.1) is 12.6 Å². The van der Waals surface area contributed by atoms with Crippen LogP contribution in [0.1, 0.15) is 20.3 Å². The lowest BCUT2D eigenvalue weighted by atomic mass is 10.2. The maximum atomic E-state index is 11.7. The average Bonchev–Trinajstić information content (AvgIpc) is 2.24. The minimum Gasteiger partial charge on any atom is -0.383 e. The van der Waals surface area contributed by atoms with Gasteiger partial charge in [-0.1, -0.05) is 6.92 Å². The number of thiol groups is 1. The normalized spacial score (nSPS) is 14.0. The van der Waals surface area contributed by atoms with Gasteiger partial charge < -0.3 is 15.4 Å². The first-order chi connectivity index (χ1) is 7.54. The summed E-state index contributed by atoms with van der Waals surface area (Å²) < 4.78 is 4.97. The van der Waals surface area contributed by atoms with Crippen molar-refractivity contribution in [2.24, 2.45) is 0 Å². The monoisotopic (exact) mass is 248 g/mol. The molecule has 0 bridgehead atoms. The standard InChI is InChI=1S/C10H20N2O3S/c1-4-8(5-15-3)12-10(14)9(6-16)11-7(2)13/h8-9,16H,4-6H2,1-3H3,(H,11,13)(H,12,14). The Balaban J connectivity index is 4.22. The number of amides is 2. The lowest BCUT2D eigenvalue weighted by molar-refractivity contribution is -0.128. The van der Waals surface area contributed by atoms with Crippen LogP contribution >= 0.6 is 12.6 Å². The summed E-state index contributed by atoms with van der Waals surface area (Å²) in [5.41, 5.74) is 0. The molecule has 0 spiro atoms. The fourth-order valence-corrected chi connectivity index (χ4v) is 1.46. The number of nitrogens with one attached hydrogen (secondary N) is 2. The number of hydrogen-bond acceptors (Lipinski definition) is 4. The summed E-state index contributed by atoms with van der Waals surface area (Å²) in [6.07, 6.45) is 0.777. The van der Waals surface area contributed by atoms with Crippen molar-refractivity contribution in [1.82, 2.24) is 10.6 Å². The molecule has 0 aliphatic rings. The second-order valence-electron chi connectivity index (χ2n) is 3.50. The van der Waals surface area contributed by atoms with Crippen LogP contribution < -0.4 is 10.6 Å². The average molecular weight is 248 g/mol. The smallest absolute Gasteiger partial charge is 0.243 e. The summed E-state index contributed by atoms with van der Waals surface area (Å²) >= 11 is 4.03. The first kappa shape index (κ1) is 15.2. The summed E-state index contributed by atoms with van der Waals surface area (Å²) in [7, 11) is 1.58. The first-order valence-corrected chi connectivity index (χ1v) is 5.85. The number of rotatable bonds is 7. The van der Waals surface area contributed by atoms with E-state index < -0.39 is 6.04 Å². The fraction of sp³-hybridized carbons (Fsp3) is 0.800. The topological polar surface area (TPSA) is 67.4 Å². The number of hydrogen-bond donors (Lipinski definition) is 3. The van der Waals surface area contributed by atoms with Gasteiger partial charge in [-0.15, -0.1) is 0 Å². The molecule has 0 saturated heterocycles. The molecule has 0 radical (unpaired) electrons. The van der Waals surface area contributed by atoms with Crippen molar-refractivity contribution in [3.8, 4) is 0 Å². The molecule has 0 aliphatic carbocycles. The molecule has 0 fully saturated rings. The Morgan fingerprint density at radius 3 is 2.38 bits per heavy atom. The van der Waals surface area contributed by atoms with Crippen molar-refractivity contribution < 1.29 is 14.3 Å². The van der Waals surface area contributed by atoms with Crippen molar-refractivity contribution in [3.05, 3.63) is 0 Å². The third kappa shape index (κ3) is 5.97. The van der Waals surface area contributed by atoms with Crippen molar-refractivity contribution in [3.63, 3.8) is 0 Å². The molecule has 2 N–H and O–H groups in total. The molecule has 5 nitrogen and oxygen atoms in total. The minimum atomic E-state index is -0.591. The van der Waals surface area contributed by atoms with Gasteiger partial charge in [-0.05, 0) is 6.42 Å². The highest BCUT2D eigenvalue weighted by molar-refractivity contribution is 7.80. The maximum Gasteiger partial charge on any atom is 0.243 e. The van der Waals surface area contributed by atoms with Crippen LogP contribution in [0.3, 0.4) is 0 Å². The Kier molecular flexibility index (Phi) is 8.01. The molecule has 16 heavy (non-hydrogen) atoms. The van der Waals surface area contributed by atoms with E-state index in [1.165, 1.54) is 6.92 Å². The van der Waals surface area contributed by atoms with Gasteiger partial charge in [-0.25, -0.2) is 0 Å². The van der Waals surface area contributed by atoms with Crippen LogP contribution in [-0.2, 0) is 14.3 Å². The second-order valence-corrected chi connectivity index (χ2v) is 3.87. The van der Waals surface area contributed by atoms with Gasteiger partial charge in [0.25, 0.3) is 0 Å². The Morgan fingerprint density at radius 2 is 2.00 bits per heavy atom. The zero-order valence-corrected chi connectivity index (χ0v) is 10.8. The number of carbonyl (C=O) groups excluding carboxylic acids is 2. The maximum absolute atomic E-state index is 11.7. The van der Waals surface area contributed by atoms with E-state index in [1.807, 2.05) is 6.92 Å². The van der Waals surface area contributed by atoms with Crippen LogP contribution in [-0.4, -0.2) is 43.4 Å². The summed E-state index contributed by atoms with van der Waals surface area (Å²) in [5, 5.41) is 5.33. The molecule has 2 atom stereocenters. The lowest BCUT2D eigenvalue weighted by Crippen LogP contribution is -2.51. The van der Waals surface area contributed by atoms with E-state index >= 15 is 0 Å². The molecule has 0 aromatic heterocycles. The van der Waals surface area contributed by atoms with Gasteiger partial charge in [-0.3, -0.25) is 9.59 Å². The highest BCUT2D eigenvalue weighted by Gasteiger charge is 2.20. The molecule has 94 valence electrons. The van der Waals surface area contributed by atoms with Crippen molar-refractivity contribution in [2.45, 2.75) is 32.4 Å². The highest BCUT2D eigenvalue weighted by Crippen LogP contribution is 1.95. The lowest BCUT2D eigenvalue weighted by Gasteiger charge is -2.20. The Morgan fingerprint density at radius 1 is 1.38 bits per heavy atom. The minimum absolute atomic E-state index is 0.0337. The second kappa shape index (κ2) is 8.41. The third-order valence-electron chi connectivity index (χ3n) is 2.08. The van der Waals surface area contributed by atoms with Gasteiger partial charge in [0.2, 0.25) is 11.8 Å². The van der Waals surface area contributed by atoms with Crippen molar-refractivity contribution in [1.29, 1.82) is 0 Å². The highest BCUT2D eigenvalue weighted by atomic mass is 32.1. The largest absolute Gasteiger partial charge is 0.383 e.